The molecule has 3 aromatic carbocycles. The van der Waals surface area contributed by atoms with Gasteiger partial charge in [0.1, 0.15) is 5.75 Å². The van der Waals surface area contributed by atoms with Gasteiger partial charge in [-0.05, 0) is 107 Å². The Hall–Kier alpha value is -3.11. The van der Waals surface area contributed by atoms with Crippen molar-refractivity contribution in [2.45, 2.75) is 20.4 Å². The zero-order chi connectivity index (χ0) is 24.9. The molecule has 1 aliphatic rings. The molecule has 0 aliphatic carbocycles. The summed E-state index contributed by atoms with van der Waals surface area (Å²) in [5, 5.41) is 2.58. The fourth-order valence-corrected chi connectivity index (χ4v) is 4.64. The number of thioether (sulfide) groups is 1. The molecule has 1 aliphatic heterocycles. The van der Waals surface area contributed by atoms with E-state index in [1.54, 1.807) is 30.3 Å². The number of carbonyl (C=O) groups is 3. The summed E-state index contributed by atoms with van der Waals surface area (Å²) in [6.45, 7) is 4.08. The molecule has 0 unspecified atom stereocenters. The first kappa shape index (κ1) is 25.0. The molecule has 0 saturated carbocycles. The van der Waals surface area contributed by atoms with E-state index < -0.39 is 0 Å². The molecule has 1 saturated heterocycles. The molecule has 3 amide bonds. The summed E-state index contributed by atoms with van der Waals surface area (Å²) in [4.78, 5) is 39.1. The molecule has 0 spiro atoms. The fourth-order valence-electron chi connectivity index (χ4n) is 3.44. The molecule has 35 heavy (non-hydrogen) atoms. The maximum atomic E-state index is 12.8. The number of carbonyl (C=O) groups excluding carboxylic acids is 3. The summed E-state index contributed by atoms with van der Waals surface area (Å²) in [6.07, 6.45) is 1.69. The molecule has 8 heteroatoms. The highest BCUT2D eigenvalue weighted by molar-refractivity contribution is 14.1. The second-order valence-corrected chi connectivity index (χ2v) is 10.3. The van der Waals surface area contributed by atoms with Crippen LogP contribution in [0.4, 0.5) is 10.5 Å². The highest BCUT2D eigenvalue weighted by atomic mass is 127. The van der Waals surface area contributed by atoms with Crippen molar-refractivity contribution in [2.75, 3.05) is 11.9 Å². The van der Waals surface area contributed by atoms with Crippen molar-refractivity contribution >= 4 is 63.2 Å². The summed E-state index contributed by atoms with van der Waals surface area (Å²) in [5.41, 5.74) is 4.55. The van der Waals surface area contributed by atoms with E-state index in [1.807, 2.05) is 56.3 Å². The standard InChI is InChI=1S/C27H23IN2O4S/c1-17-4-3-5-23(18(17)2)29-25(31)16-34-22-12-8-19(9-13-22)14-24-26(32)30(27(33)35-24)15-20-6-10-21(28)11-7-20/h3-14H,15-16H2,1-2H3,(H,29,31)/b24-14-. The molecule has 1 heterocycles. The minimum atomic E-state index is -0.304. The van der Waals surface area contributed by atoms with Gasteiger partial charge < -0.3 is 10.1 Å². The Bertz CT molecular complexity index is 1300. The lowest BCUT2D eigenvalue weighted by Crippen LogP contribution is -2.27. The van der Waals surface area contributed by atoms with E-state index in [2.05, 4.69) is 27.9 Å². The summed E-state index contributed by atoms with van der Waals surface area (Å²) in [6, 6.07) is 20.5. The number of hydrogen-bond donors (Lipinski definition) is 1. The van der Waals surface area contributed by atoms with Gasteiger partial charge in [-0.15, -0.1) is 0 Å². The molecular weight excluding hydrogens is 575 g/mol. The SMILES string of the molecule is Cc1cccc(NC(=O)COc2ccc(/C=C3\SC(=O)N(Cc4ccc(I)cc4)C3=O)cc2)c1C. The first-order chi connectivity index (χ1) is 16.8. The zero-order valence-corrected chi connectivity index (χ0v) is 22.2. The molecular formula is C27H23IN2O4S. The maximum Gasteiger partial charge on any atom is 0.293 e. The molecule has 6 nitrogen and oxygen atoms in total. The average Bonchev–Trinajstić information content (AvgIpc) is 3.10. The van der Waals surface area contributed by atoms with Gasteiger partial charge in [0.2, 0.25) is 0 Å². The van der Waals surface area contributed by atoms with Crippen molar-refractivity contribution in [1.29, 1.82) is 0 Å². The van der Waals surface area contributed by atoms with E-state index in [9.17, 15) is 14.4 Å². The number of hydrogen-bond acceptors (Lipinski definition) is 5. The number of halogens is 1. The van der Waals surface area contributed by atoms with Crippen molar-refractivity contribution < 1.29 is 19.1 Å². The van der Waals surface area contributed by atoms with Gasteiger partial charge in [-0.3, -0.25) is 19.3 Å². The lowest BCUT2D eigenvalue weighted by molar-refractivity contribution is -0.123. The third-order valence-corrected chi connectivity index (χ3v) is 7.18. The number of anilines is 1. The Morgan fingerprint density at radius 2 is 1.74 bits per heavy atom. The predicted octanol–water partition coefficient (Wildman–Crippen LogP) is 6.16. The molecule has 1 N–H and O–H groups in total. The van der Waals surface area contributed by atoms with Crippen LogP contribution in [0.3, 0.4) is 0 Å². The zero-order valence-electron chi connectivity index (χ0n) is 19.2. The number of nitrogens with zero attached hydrogens (tertiary/aromatic N) is 1. The summed E-state index contributed by atoms with van der Waals surface area (Å²) in [7, 11) is 0. The first-order valence-electron chi connectivity index (χ1n) is 10.9. The number of aryl methyl sites for hydroxylation is 1. The van der Waals surface area contributed by atoms with E-state index >= 15 is 0 Å². The van der Waals surface area contributed by atoms with Gasteiger partial charge in [-0.2, -0.15) is 0 Å². The van der Waals surface area contributed by atoms with E-state index in [1.165, 1.54) is 4.90 Å². The Balaban J connectivity index is 1.34. The van der Waals surface area contributed by atoms with Crippen LogP contribution in [-0.2, 0) is 16.1 Å². The van der Waals surface area contributed by atoms with Gasteiger partial charge in [0, 0.05) is 9.26 Å². The lowest BCUT2D eigenvalue weighted by atomic mass is 10.1. The van der Waals surface area contributed by atoms with Crippen LogP contribution in [0.1, 0.15) is 22.3 Å². The molecule has 178 valence electrons. The molecule has 0 bridgehead atoms. The second kappa shape index (κ2) is 11.1. The van der Waals surface area contributed by atoms with E-state index in [0.29, 0.717) is 10.7 Å². The van der Waals surface area contributed by atoms with E-state index in [-0.39, 0.29) is 30.2 Å². The van der Waals surface area contributed by atoms with Gasteiger partial charge in [-0.1, -0.05) is 36.4 Å². The van der Waals surface area contributed by atoms with Crippen LogP contribution in [-0.4, -0.2) is 28.6 Å². The van der Waals surface area contributed by atoms with E-state index in [4.69, 9.17) is 4.74 Å². The number of imide groups is 1. The second-order valence-electron chi connectivity index (χ2n) is 8.05. The normalized spacial score (nSPS) is 14.5. The van der Waals surface area contributed by atoms with Crippen molar-refractivity contribution in [1.82, 2.24) is 4.90 Å². The largest absolute Gasteiger partial charge is 0.484 e. The van der Waals surface area contributed by atoms with Crippen molar-refractivity contribution in [2.24, 2.45) is 0 Å². The highest BCUT2D eigenvalue weighted by Gasteiger charge is 2.34. The van der Waals surface area contributed by atoms with Crippen LogP contribution in [0.15, 0.2) is 71.6 Å². The van der Waals surface area contributed by atoms with Crippen molar-refractivity contribution in [3.05, 3.63) is 97.5 Å². The number of benzene rings is 3. The minimum absolute atomic E-state index is 0.121. The Labute approximate surface area is 221 Å². The van der Waals surface area contributed by atoms with Gasteiger partial charge in [-0.25, -0.2) is 0 Å². The van der Waals surface area contributed by atoms with E-state index in [0.717, 1.165) is 43.3 Å². The van der Waals surface area contributed by atoms with Gasteiger partial charge in [0.25, 0.3) is 17.1 Å². The number of ether oxygens (including phenoxy) is 1. The molecule has 3 aromatic rings. The molecule has 4 rings (SSSR count). The van der Waals surface area contributed by atoms with Crippen LogP contribution in [0, 0.1) is 17.4 Å². The summed E-state index contributed by atoms with van der Waals surface area (Å²) in [5.74, 6) is -0.0170. The highest BCUT2D eigenvalue weighted by Crippen LogP contribution is 2.33. The minimum Gasteiger partial charge on any atom is -0.484 e. The molecule has 1 fully saturated rings. The monoisotopic (exact) mass is 598 g/mol. The Morgan fingerprint density at radius 1 is 1.03 bits per heavy atom. The van der Waals surface area contributed by atoms with Gasteiger partial charge in [0.15, 0.2) is 6.61 Å². The number of amides is 3. The van der Waals surface area contributed by atoms with Crippen LogP contribution in [0.5, 0.6) is 5.75 Å². The molecule has 0 radical (unpaired) electrons. The molecule has 0 aromatic heterocycles. The summed E-state index contributed by atoms with van der Waals surface area (Å²) < 4.78 is 6.69. The number of rotatable bonds is 7. The Kier molecular flexibility index (Phi) is 7.92. The van der Waals surface area contributed by atoms with Crippen LogP contribution in [0.25, 0.3) is 6.08 Å². The van der Waals surface area contributed by atoms with Crippen LogP contribution >= 0.6 is 34.4 Å². The maximum absolute atomic E-state index is 12.8. The average molecular weight is 598 g/mol. The van der Waals surface area contributed by atoms with Crippen LogP contribution < -0.4 is 10.1 Å². The third-order valence-electron chi connectivity index (χ3n) is 5.55. The summed E-state index contributed by atoms with van der Waals surface area (Å²) >= 11 is 3.15. The molecule has 0 atom stereocenters. The number of nitrogens with one attached hydrogen (secondary N) is 1. The topological polar surface area (TPSA) is 75.7 Å². The van der Waals surface area contributed by atoms with Gasteiger partial charge >= 0.3 is 0 Å². The smallest absolute Gasteiger partial charge is 0.293 e. The first-order valence-corrected chi connectivity index (χ1v) is 12.8. The van der Waals surface area contributed by atoms with Crippen LogP contribution in [0.2, 0.25) is 0 Å². The quantitative estimate of drug-likeness (QED) is 0.261. The van der Waals surface area contributed by atoms with Crippen molar-refractivity contribution in [3.8, 4) is 5.75 Å². The fraction of sp³-hybridized carbons (Fsp3) is 0.148. The predicted molar refractivity (Wildman–Crippen MR) is 147 cm³/mol. The Morgan fingerprint density at radius 3 is 2.46 bits per heavy atom. The lowest BCUT2D eigenvalue weighted by Gasteiger charge is -2.12. The van der Waals surface area contributed by atoms with Crippen molar-refractivity contribution in [3.63, 3.8) is 0 Å². The van der Waals surface area contributed by atoms with Gasteiger partial charge in [0.05, 0.1) is 11.4 Å². The third kappa shape index (κ3) is 6.32.